The first-order valence-corrected chi connectivity index (χ1v) is 6.55. The monoisotopic (exact) mass is 310 g/mol. The highest BCUT2D eigenvalue weighted by Gasteiger charge is 2.51. The van der Waals surface area contributed by atoms with Crippen LogP contribution in [0.5, 0.6) is 0 Å². The SMILES string of the molecule is CCN(C(=O)OCc1ccccc1)C(O)(C(=O)O)C(=O)CN. The van der Waals surface area contributed by atoms with E-state index in [1.165, 1.54) is 6.92 Å². The molecule has 0 heterocycles. The molecule has 1 amide bonds. The van der Waals surface area contributed by atoms with E-state index in [9.17, 15) is 19.5 Å². The minimum Gasteiger partial charge on any atom is -0.477 e. The first-order valence-electron chi connectivity index (χ1n) is 6.55. The Morgan fingerprint density at radius 3 is 2.32 bits per heavy atom. The van der Waals surface area contributed by atoms with Gasteiger partial charge in [-0.1, -0.05) is 30.3 Å². The highest BCUT2D eigenvalue weighted by atomic mass is 16.6. The van der Waals surface area contributed by atoms with Crippen molar-refractivity contribution in [3.05, 3.63) is 35.9 Å². The molecule has 0 aromatic heterocycles. The highest BCUT2D eigenvalue weighted by molar-refractivity contribution is 6.08. The molecule has 8 nitrogen and oxygen atoms in total. The summed E-state index contributed by atoms with van der Waals surface area (Å²) in [5.74, 6) is -3.10. The summed E-state index contributed by atoms with van der Waals surface area (Å²) in [6.07, 6.45) is -1.13. The van der Waals surface area contributed by atoms with Crippen LogP contribution in [0.1, 0.15) is 12.5 Å². The minimum absolute atomic E-state index is 0.122. The molecule has 1 unspecified atom stereocenters. The minimum atomic E-state index is -3.04. The number of aliphatic carboxylic acids is 1. The van der Waals surface area contributed by atoms with E-state index in [0.29, 0.717) is 10.5 Å². The predicted octanol–water partition coefficient (Wildman–Crippen LogP) is -0.0539. The zero-order valence-electron chi connectivity index (χ0n) is 12.1. The molecule has 1 aromatic rings. The van der Waals surface area contributed by atoms with Crippen LogP contribution in [0.25, 0.3) is 0 Å². The molecule has 0 saturated carbocycles. The summed E-state index contributed by atoms with van der Waals surface area (Å²) in [7, 11) is 0. The lowest BCUT2D eigenvalue weighted by molar-refractivity contribution is -0.183. The quantitative estimate of drug-likeness (QED) is 0.475. The van der Waals surface area contributed by atoms with Crippen molar-refractivity contribution in [1.29, 1.82) is 0 Å². The standard InChI is InChI=1S/C14H18N2O6/c1-2-16(14(21,12(18)19)11(17)8-15)13(20)22-9-10-6-4-3-5-7-10/h3-7,21H,2,8-9,15H2,1H3,(H,18,19). The van der Waals surface area contributed by atoms with Crippen molar-refractivity contribution in [2.75, 3.05) is 13.1 Å². The highest BCUT2D eigenvalue weighted by Crippen LogP contribution is 2.16. The summed E-state index contributed by atoms with van der Waals surface area (Å²) in [5, 5.41) is 19.2. The van der Waals surface area contributed by atoms with Crippen LogP contribution in [0.2, 0.25) is 0 Å². The van der Waals surface area contributed by atoms with Crippen LogP contribution in [-0.4, -0.2) is 51.8 Å². The maximum Gasteiger partial charge on any atom is 0.413 e. The van der Waals surface area contributed by atoms with Gasteiger partial charge in [0.25, 0.3) is 0 Å². The zero-order chi connectivity index (χ0) is 16.8. The number of carboxylic acid groups (broad SMARTS) is 1. The van der Waals surface area contributed by atoms with E-state index < -0.39 is 30.1 Å². The summed E-state index contributed by atoms with van der Waals surface area (Å²) in [6.45, 7) is 0.303. The molecule has 22 heavy (non-hydrogen) atoms. The van der Waals surface area contributed by atoms with E-state index in [1.807, 2.05) is 0 Å². The van der Waals surface area contributed by atoms with Crippen molar-refractivity contribution in [3.8, 4) is 0 Å². The summed E-state index contributed by atoms with van der Waals surface area (Å²) < 4.78 is 4.94. The number of aliphatic hydroxyl groups is 1. The third-order valence-electron chi connectivity index (χ3n) is 3.00. The molecule has 0 bridgehead atoms. The van der Waals surface area contributed by atoms with E-state index in [-0.39, 0.29) is 13.2 Å². The second kappa shape index (κ2) is 7.53. The van der Waals surface area contributed by atoms with Crippen molar-refractivity contribution in [3.63, 3.8) is 0 Å². The van der Waals surface area contributed by atoms with Gasteiger partial charge in [0.15, 0.2) is 0 Å². The van der Waals surface area contributed by atoms with Gasteiger partial charge in [-0.05, 0) is 12.5 Å². The fraction of sp³-hybridized carbons (Fsp3) is 0.357. The largest absolute Gasteiger partial charge is 0.477 e. The molecule has 0 saturated heterocycles. The zero-order valence-corrected chi connectivity index (χ0v) is 12.1. The number of nitrogens with zero attached hydrogens (tertiary/aromatic N) is 1. The van der Waals surface area contributed by atoms with Gasteiger partial charge in [-0.3, -0.25) is 9.69 Å². The van der Waals surface area contributed by atoms with Crippen molar-refractivity contribution in [1.82, 2.24) is 4.90 Å². The molecule has 0 radical (unpaired) electrons. The Morgan fingerprint density at radius 1 is 1.27 bits per heavy atom. The maximum atomic E-state index is 12.0. The van der Waals surface area contributed by atoms with Crippen LogP contribution in [-0.2, 0) is 20.9 Å². The van der Waals surface area contributed by atoms with Gasteiger partial charge in [0.2, 0.25) is 5.78 Å². The summed E-state index contributed by atoms with van der Waals surface area (Å²) in [4.78, 5) is 35.3. The average molecular weight is 310 g/mol. The number of carbonyl (C=O) groups excluding carboxylic acids is 2. The summed E-state index contributed by atoms with van der Waals surface area (Å²) in [6, 6.07) is 8.68. The Kier molecular flexibility index (Phi) is 6.02. The number of amides is 1. The van der Waals surface area contributed by atoms with Gasteiger partial charge in [0.1, 0.15) is 6.61 Å². The average Bonchev–Trinajstić information content (AvgIpc) is 2.53. The van der Waals surface area contributed by atoms with Gasteiger partial charge >= 0.3 is 17.8 Å². The Balaban J connectivity index is 2.90. The van der Waals surface area contributed by atoms with Crippen LogP contribution in [0.4, 0.5) is 4.79 Å². The van der Waals surface area contributed by atoms with Gasteiger partial charge in [0, 0.05) is 6.54 Å². The molecular formula is C14H18N2O6. The first-order chi connectivity index (χ1) is 10.4. The molecule has 1 aromatic carbocycles. The molecule has 0 spiro atoms. The van der Waals surface area contributed by atoms with Crippen molar-refractivity contribution < 1.29 is 29.3 Å². The third kappa shape index (κ3) is 3.60. The van der Waals surface area contributed by atoms with Crippen LogP contribution < -0.4 is 5.73 Å². The van der Waals surface area contributed by atoms with E-state index in [0.717, 1.165) is 0 Å². The van der Waals surface area contributed by atoms with E-state index in [4.69, 9.17) is 15.6 Å². The molecule has 0 fully saturated rings. The van der Waals surface area contributed by atoms with Gasteiger partial charge in [0.05, 0.1) is 6.54 Å². The lowest BCUT2D eigenvalue weighted by atomic mass is 10.1. The molecule has 0 aliphatic heterocycles. The molecule has 4 N–H and O–H groups in total. The number of rotatable bonds is 7. The number of Topliss-reactive ketones (excluding diaryl/α,β-unsaturated/α-hetero) is 1. The number of benzene rings is 1. The molecule has 0 aliphatic rings. The fourth-order valence-electron chi connectivity index (χ4n) is 1.81. The molecule has 1 rings (SSSR count). The number of likely N-dealkylation sites (N-methyl/N-ethyl adjacent to an activating group) is 1. The molecular weight excluding hydrogens is 292 g/mol. The van der Waals surface area contributed by atoms with E-state index in [1.54, 1.807) is 30.3 Å². The Bertz CT molecular complexity index is 548. The van der Waals surface area contributed by atoms with Crippen LogP contribution in [0.15, 0.2) is 30.3 Å². The normalized spacial score (nSPS) is 13.0. The smallest absolute Gasteiger partial charge is 0.413 e. The van der Waals surface area contributed by atoms with E-state index >= 15 is 0 Å². The number of carbonyl (C=O) groups is 3. The van der Waals surface area contributed by atoms with Crippen LogP contribution in [0, 0.1) is 0 Å². The van der Waals surface area contributed by atoms with Gasteiger partial charge in [-0.2, -0.15) is 0 Å². The molecule has 0 aliphatic carbocycles. The first kappa shape index (κ1) is 17.6. The topological polar surface area (TPSA) is 130 Å². The number of hydrogen-bond donors (Lipinski definition) is 3. The van der Waals surface area contributed by atoms with Gasteiger partial charge in [-0.15, -0.1) is 0 Å². The van der Waals surface area contributed by atoms with Crippen molar-refractivity contribution in [2.24, 2.45) is 5.73 Å². The molecule has 120 valence electrons. The van der Waals surface area contributed by atoms with E-state index in [2.05, 4.69) is 0 Å². The summed E-state index contributed by atoms with van der Waals surface area (Å²) >= 11 is 0. The van der Waals surface area contributed by atoms with Crippen molar-refractivity contribution in [2.45, 2.75) is 19.3 Å². The van der Waals surface area contributed by atoms with Crippen molar-refractivity contribution >= 4 is 17.8 Å². The second-order valence-electron chi connectivity index (χ2n) is 4.39. The van der Waals surface area contributed by atoms with Gasteiger partial charge in [-0.25, -0.2) is 9.59 Å². The number of carboxylic acids is 1. The predicted molar refractivity (Wildman–Crippen MR) is 75.7 cm³/mol. The number of hydrogen-bond acceptors (Lipinski definition) is 6. The number of nitrogens with two attached hydrogens (primary N) is 1. The Morgan fingerprint density at radius 2 is 1.86 bits per heavy atom. The van der Waals surface area contributed by atoms with Crippen LogP contribution in [0.3, 0.4) is 0 Å². The Labute approximate surface area is 127 Å². The lowest BCUT2D eigenvalue weighted by Gasteiger charge is -2.32. The fourth-order valence-corrected chi connectivity index (χ4v) is 1.81. The maximum absolute atomic E-state index is 12.0. The summed E-state index contributed by atoms with van der Waals surface area (Å²) in [5.41, 5.74) is 2.73. The lowest BCUT2D eigenvalue weighted by Crippen LogP contribution is -2.63. The Hall–Kier alpha value is -2.45. The third-order valence-corrected chi connectivity index (χ3v) is 3.00. The molecule has 1 atom stereocenters. The number of ether oxygens (including phenoxy) is 1. The van der Waals surface area contributed by atoms with Gasteiger partial charge < -0.3 is 20.7 Å². The second-order valence-corrected chi connectivity index (χ2v) is 4.39. The van der Waals surface area contributed by atoms with Crippen LogP contribution >= 0.6 is 0 Å². The molecule has 8 heteroatoms. The number of ketones is 1.